The molecule has 7 heteroatoms. The molecule has 0 radical (unpaired) electrons. The Morgan fingerprint density at radius 1 is 1.36 bits per heavy atom. The second kappa shape index (κ2) is 6.30. The van der Waals surface area contributed by atoms with Gasteiger partial charge in [0.25, 0.3) is 0 Å². The number of sulfonamides is 1. The Morgan fingerprint density at radius 2 is 2.00 bits per heavy atom. The molecule has 1 aromatic heterocycles. The molecule has 0 saturated carbocycles. The molecule has 2 rings (SSSR count). The Bertz CT molecular complexity index is 788. The van der Waals surface area contributed by atoms with Crippen LogP contribution in [0.4, 0.5) is 0 Å². The van der Waals surface area contributed by atoms with Gasteiger partial charge in [-0.1, -0.05) is 17.7 Å². The Kier molecular flexibility index (Phi) is 4.64. The first kappa shape index (κ1) is 16.2. The molecule has 0 N–H and O–H groups in total. The number of hydrogen-bond acceptors (Lipinski definition) is 4. The number of aromatic nitrogens is 2. The zero-order valence-corrected chi connectivity index (χ0v) is 13.6. The van der Waals surface area contributed by atoms with Crippen molar-refractivity contribution >= 4 is 10.0 Å². The first-order valence-corrected chi connectivity index (χ1v) is 8.27. The second-order valence-corrected chi connectivity index (χ2v) is 7.19. The molecule has 116 valence electrons. The van der Waals surface area contributed by atoms with Crippen molar-refractivity contribution in [3.8, 4) is 11.8 Å². The van der Waals surface area contributed by atoms with Gasteiger partial charge in [0.15, 0.2) is 0 Å². The third-order valence-electron chi connectivity index (χ3n) is 3.54. The molecule has 6 nitrogen and oxygen atoms in total. The van der Waals surface area contributed by atoms with Crippen molar-refractivity contribution in [2.75, 3.05) is 7.05 Å². The van der Waals surface area contributed by atoms with E-state index in [2.05, 4.69) is 5.10 Å². The van der Waals surface area contributed by atoms with E-state index in [0.29, 0.717) is 0 Å². The first-order valence-electron chi connectivity index (χ1n) is 6.83. The van der Waals surface area contributed by atoms with Gasteiger partial charge in [-0.15, -0.1) is 0 Å². The molecule has 1 aromatic carbocycles. The smallest absolute Gasteiger partial charge is 0.240 e. The molecule has 0 spiro atoms. The molecule has 0 amide bonds. The normalized spacial score (nSPS) is 13.0. The molecule has 0 aliphatic heterocycles. The quantitative estimate of drug-likeness (QED) is 0.845. The van der Waals surface area contributed by atoms with Crippen LogP contribution in [0.15, 0.2) is 41.6 Å². The van der Waals surface area contributed by atoms with Crippen LogP contribution in [0.2, 0.25) is 0 Å². The molecule has 0 aliphatic carbocycles. The summed E-state index contributed by atoms with van der Waals surface area (Å²) in [4.78, 5) is 0.111. The lowest BCUT2D eigenvalue weighted by molar-refractivity contribution is 0.393. The van der Waals surface area contributed by atoms with Gasteiger partial charge in [0, 0.05) is 13.1 Å². The lowest BCUT2D eigenvalue weighted by atomic mass is 10.2. The van der Waals surface area contributed by atoms with Crippen molar-refractivity contribution in [2.45, 2.75) is 31.2 Å². The van der Waals surface area contributed by atoms with Gasteiger partial charge in [0.2, 0.25) is 10.0 Å². The van der Waals surface area contributed by atoms with Gasteiger partial charge in [0.05, 0.1) is 30.6 Å². The van der Waals surface area contributed by atoms with Gasteiger partial charge >= 0.3 is 0 Å². The van der Waals surface area contributed by atoms with Gasteiger partial charge in [-0.2, -0.15) is 14.7 Å². The number of hydrogen-bond donors (Lipinski definition) is 0. The van der Waals surface area contributed by atoms with Crippen molar-refractivity contribution in [2.24, 2.45) is 0 Å². The van der Waals surface area contributed by atoms with E-state index in [1.807, 2.05) is 37.3 Å². The summed E-state index contributed by atoms with van der Waals surface area (Å²) in [5.41, 5.74) is 1.91. The highest BCUT2D eigenvalue weighted by Crippen LogP contribution is 2.19. The molecular formula is C15H18N4O2S. The molecule has 1 atom stereocenters. The predicted molar refractivity (Wildman–Crippen MR) is 82.9 cm³/mol. The maximum atomic E-state index is 12.5. The number of rotatable bonds is 5. The fourth-order valence-corrected chi connectivity index (χ4v) is 3.24. The molecule has 2 aromatic rings. The number of aryl methyl sites for hydroxylation is 1. The van der Waals surface area contributed by atoms with Crippen LogP contribution in [0.25, 0.3) is 5.69 Å². The van der Waals surface area contributed by atoms with Crippen LogP contribution in [0.3, 0.4) is 0 Å². The lowest BCUT2D eigenvalue weighted by Crippen LogP contribution is -2.34. The summed E-state index contributed by atoms with van der Waals surface area (Å²) in [6, 6.07) is 9.22. The van der Waals surface area contributed by atoms with Gasteiger partial charge in [-0.25, -0.2) is 13.1 Å². The standard InChI is InChI=1S/C15H18N4O2S/c1-12-4-6-14(7-5-12)19-11-15(10-17-19)22(20,21)18(3)13(2)8-9-16/h4-7,10-11,13H,8H2,1-3H3/t13-/m1/s1. The highest BCUT2D eigenvalue weighted by molar-refractivity contribution is 7.89. The summed E-state index contributed by atoms with van der Waals surface area (Å²) in [7, 11) is -2.18. The summed E-state index contributed by atoms with van der Waals surface area (Å²) in [6.07, 6.45) is 2.95. The van der Waals surface area contributed by atoms with E-state index in [-0.39, 0.29) is 11.3 Å². The van der Waals surface area contributed by atoms with Crippen LogP contribution in [0, 0.1) is 18.3 Å². The maximum Gasteiger partial charge on any atom is 0.246 e. The van der Waals surface area contributed by atoms with E-state index in [9.17, 15) is 8.42 Å². The topological polar surface area (TPSA) is 79.0 Å². The second-order valence-electron chi connectivity index (χ2n) is 5.19. The van der Waals surface area contributed by atoms with Crippen LogP contribution in [0.5, 0.6) is 0 Å². The summed E-state index contributed by atoms with van der Waals surface area (Å²) >= 11 is 0. The lowest BCUT2D eigenvalue weighted by Gasteiger charge is -2.21. The van der Waals surface area contributed by atoms with Crippen molar-refractivity contribution in [3.05, 3.63) is 42.2 Å². The third kappa shape index (κ3) is 3.18. The molecule has 0 aliphatic rings. The van der Waals surface area contributed by atoms with Crippen molar-refractivity contribution < 1.29 is 8.42 Å². The molecule has 0 unspecified atom stereocenters. The molecule has 22 heavy (non-hydrogen) atoms. The van der Waals surface area contributed by atoms with E-state index in [1.165, 1.54) is 28.4 Å². The van der Waals surface area contributed by atoms with Crippen molar-refractivity contribution in [1.29, 1.82) is 5.26 Å². The maximum absolute atomic E-state index is 12.5. The van der Waals surface area contributed by atoms with Crippen LogP contribution < -0.4 is 0 Å². The monoisotopic (exact) mass is 318 g/mol. The molecule has 0 fully saturated rings. The van der Waals surface area contributed by atoms with Crippen LogP contribution >= 0.6 is 0 Å². The Balaban J connectivity index is 2.31. The highest BCUT2D eigenvalue weighted by atomic mass is 32.2. The Morgan fingerprint density at radius 3 is 2.59 bits per heavy atom. The summed E-state index contributed by atoms with van der Waals surface area (Å²) in [5.74, 6) is 0. The van der Waals surface area contributed by atoms with Crippen molar-refractivity contribution in [3.63, 3.8) is 0 Å². The SMILES string of the molecule is Cc1ccc(-n2cc(S(=O)(=O)N(C)[C@H](C)CC#N)cn2)cc1. The summed E-state index contributed by atoms with van der Waals surface area (Å²) in [6.45, 7) is 3.68. The van der Waals surface area contributed by atoms with Crippen LogP contribution in [-0.4, -0.2) is 35.6 Å². The molecule has 1 heterocycles. The Hall–Kier alpha value is -2.17. The minimum absolute atomic E-state index is 0.111. The first-order chi connectivity index (χ1) is 10.4. The minimum Gasteiger partial charge on any atom is -0.240 e. The summed E-state index contributed by atoms with van der Waals surface area (Å²) in [5, 5.41) is 12.8. The fraction of sp³-hybridized carbons (Fsp3) is 0.333. The molecular weight excluding hydrogens is 300 g/mol. The molecule has 0 bridgehead atoms. The average Bonchev–Trinajstić information content (AvgIpc) is 2.98. The van der Waals surface area contributed by atoms with Gasteiger partial charge in [-0.05, 0) is 26.0 Å². The zero-order chi connectivity index (χ0) is 16.3. The number of nitrogens with zero attached hydrogens (tertiary/aromatic N) is 4. The van der Waals surface area contributed by atoms with Gasteiger partial charge in [-0.3, -0.25) is 0 Å². The van der Waals surface area contributed by atoms with E-state index < -0.39 is 16.1 Å². The third-order valence-corrected chi connectivity index (χ3v) is 5.47. The average molecular weight is 318 g/mol. The van der Waals surface area contributed by atoms with E-state index >= 15 is 0 Å². The van der Waals surface area contributed by atoms with E-state index in [1.54, 1.807) is 6.92 Å². The highest BCUT2D eigenvalue weighted by Gasteiger charge is 2.26. The predicted octanol–water partition coefficient (Wildman–Crippen LogP) is 2.10. The van der Waals surface area contributed by atoms with E-state index in [0.717, 1.165) is 11.3 Å². The van der Waals surface area contributed by atoms with Crippen molar-refractivity contribution in [1.82, 2.24) is 14.1 Å². The Labute approximate surface area is 130 Å². The zero-order valence-electron chi connectivity index (χ0n) is 12.8. The molecule has 0 saturated heterocycles. The van der Waals surface area contributed by atoms with Gasteiger partial charge < -0.3 is 0 Å². The minimum atomic E-state index is -3.66. The van der Waals surface area contributed by atoms with Crippen LogP contribution in [0.1, 0.15) is 18.9 Å². The van der Waals surface area contributed by atoms with Gasteiger partial charge in [0.1, 0.15) is 4.90 Å². The summed E-state index contributed by atoms with van der Waals surface area (Å²) < 4.78 is 27.7. The number of nitriles is 1. The fourth-order valence-electron chi connectivity index (χ4n) is 1.94. The largest absolute Gasteiger partial charge is 0.246 e. The number of benzene rings is 1. The van der Waals surface area contributed by atoms with Crippen LogP contribution in [-0.2, 0) is 10.0 Å². The van der Waals surface area contributed by atoms with E-state index in [4.69, 9.17) is 5.26 Å².